The number of hydrogen-bond acceptors (Lipinski definition) is 5. The predicted octanol–water partition coefficient (Wildman–Crippen LogP) is -1.87. The number of carbonyl (C=O) groups excluding carboxylic acids is 3. The Bertz CT molecular complexity index is 280. The van der Waals surface area contributed by atoms with E-state index in [4.69, 9.17) is 5.73 Å². The highest BCUT2D eigenvalue weighted by atomic mass is 16.5. The van der Waals surface area contributed by atoms with Gasteiger partial charge in [-0.2, -0.15) is 0 Å². The Hall–Kier alpha value is -1.63. The Kier molecular flexibility index (Phi) is 6.09. The van der Waals surface area contributed by atoms with E-state index < -0.39 is 24.0 Å². The second kappa shape index (κ2) is 6.78. The number of hydrogen-bond donors (Lipinski definition) is 3. The van der Waals surface area contributed by atoms with Gasteiger partial charge in [0.15, 0.2) is 0 Å². The van der Waals surface area contributed by atoms with Gasteiger partial charge in [0.25, 0.3) is 0 Å². The second-order valence-electron chi connectivity index (χ2n) is 3.31. The van der Waals surface area contributed by atoms with Crippen LogP contribution in [0.5, 0.6) is 0 Å². The van der Waals surface area contributed by atoms with Crippen LogP contribution < -0.4 is 16.4 Å². The third kappa shape index (κ3) is 5.30. The van der Waals surface area contributed by atoms with E-state index in [0.29, 0.717) is 0 Å². The summed E-state index contributed by atoms with van der Waals surface area (Å²) in [6, 6.07) is -1.41. The van der Waals surface area contributed by atoms with Crippen LogP contribution in [0, 0.1) is 0 Å². The van der Waals surface area contributed by atoms with E-state index in [2.05, 4.69) is 15.4 Å². The predicted molar refractivity (Wildman–Crippen MR) is 56.3 cm³/mol. The van der Waals surface area contributed by atoms with Crippen LogP contribution in [0.1, 0.15) is 13.8 Å². The van der Waals surface area contributed by atoms with Crippen LogP contribution in [0.3, 0.4) is 0 Å². The van der Waals surface area contributed by atoms with Crippen molar-refractivity contribution in [2.24, 2.45) is 5.73 Å². The molecule has 0 aromatic carbocycles. The number of esters is 1. The Labute approximate surface area is 93.7 Å². The summed E-state index contributed by atoms with van der Waals surface area (Å²) in [6.07, 6.45) is 0. The molecule has 0 saturated heterocycles. The van der Waals surface area contributed by atoms with E-state index in [9.17, 15) is 14.4 Å². The van der Waals surface area contributed by atoms with Crippen molar-refractivity contribution in [3.63, 3.8) is 0 Å². The molecule has 4 N–H and O–H groups in total. The Morgan fingerprint density at radius 1 is 1.38 bits per heavy atom. The topological polar surface area (TPSA) is 111 Å². The standard InChI is InChI=1S/C9H17N3O4/c1-5(8(10)14)11-4-7(9(15)16-3)12-6(2)13/h5,7,11H,4H2,1-3H3,(H2,10,14)(H,12,13). The number of amides is 2. The molecule has 2 atom stereocenters. The molecule has 7 nitrogen and oxygen atoms in total. The van der Waals surface area contributed by atoms with Crippen molar-refractivity contribution >= 4 is 17.8 Å². The minimum absolute atomic E-state index is 0.0797. The first kappa shape index (κ1) is 14.4. The van der Waals surface area contributed by atoms with Crippen molar-refractivity contribution < 1.29 is 19.1 Å². The lowest BCUT2D eigenvalue weighted by molar-refractivity contribution is -0.144. The SMILES string of the molecule is COC(=O)C(CNC(C)C(N)=O)NC(C)=O. The Morgan fingerprint density at radius 2 is 1.94 bits per heavy atom. The summed E-state index contributed by atoms with van der Waals surface area (Å²) in [7, 11) is 1.22. The zero-order valence-electron chi connectivity index (χ0n) is 9.57. The molecule has 0 rings (SSSR count). The third-order valence-corrected chi connectivity index (χ3v) is 1.92. The monoisotopic (exact) mass is 231 g/mol. The van der Waals surface area contributed by atoms with E-state index in [1.165, 1.54) is 14.0 Å². The molecule has 7 heteroatoms. The molecule has 0 aliphatic rings. The molecule has 0 aliphatic heterocycles. The molecule has 0 radical (unpaired) electrons. The van der Waals surface area contributed by atoms with Gasteiger partial charge >= 0.3 is 5.97 Å². The zero-order valence-corrected chi connectivity index (χ0v) is 9.57. The lowest BCUT2D eigenvalue weighted by Gasteiger charge is -2.18. The lowest BCUT2D eigenvalue weighted by atomic mass is 10.2. The molecule has 2 unspecified atom stereocenters. The summed E-state index contributed by atoms with van der Waals surface area (Å²) in [5.74, 6) is -1.48. The zero-order chi connectivity index (χ0) is 12.7. The summed E-state index contributed by atoms with van der Waals surface area (Å²) in [4.78, 5) is 32.8. The molecular formula is C9H17N3O4. The largest absolute Gasteiger partial charge is 0.467 e. The van der Waals surface area contributed by atoms with Crippen molar-refractivity contribution in [2.45, 2.75) is 25.9 Å². The Morgan fingerprint density at radius 3 is 2.31 bits per heavy atom. The van der Waals surface area contributed by atoms with Crippen LogP contribution in [0.15, 0.2) is 0 Å². The van der Waals surface area contributed by atoms with Crippen molar-refractivity contribution in [1.82, 2.24) is 10.6 Å². The number of primary amides is 1. The van der Waals surface area contributed by atoms with Gasteiger partial charge in [0, 0.05) is 13.5 Å². The number of carbonyl (C=O) groups is 3. The number of rotatable bonds is 6. The van der Waals surface area contributed by atoms with Gasteiger partial charge in [-0.05, 0) is 6.92 Å². The molecule has 0 aliphatic carbocycles. The van der Waals surface area contributed by atoms with Gasteiger partial charge in [-0.1, -0.05) is 0 Å². The molecule has 0 heterocycles. The smallest absolute Gasteiger partial charge is 0.329 e. The van der Waals surface area contributed by atoms with Gasteiger partial charge < -0.3 is 21.1 Å². The first-order valence-electron chi connectivity index (χ1n) is 4.76. The summed E-state index contributed by atoms with van der Waals surface area (Å²) < 4.78 is 4.50. The average molecular weight is 231 g/mol. The maximum Gasteiger partial charge on any atom is 0.329 e. The van der Waals surface area contributed by atoms with E-state index >= 15 is 0 Å². The highest BCUT2D eigenvalue weighted by molar-refractivity contribution is 5.83. The third-order valence-electron chi connectivity index (χ3n) is 1.92. The van der Waals surface area contributed by atoms with Crippen LogP contribution in [-0.4, -0.2) is 43.5 Å². The van der Waals surface area contributed by atoms with Crippen molar-refractivity contribution in [2.75, 3.05) is 13.7 Å². The van der Waals surface area contributed by atoms with Crippen LogP contribution in [0.4, 0.5) is 0 Å². The highest BCUT2D eigenvalue weighted by Crippen LogP contribution is 1.89. The maximum atomic E-state index is 11.2. The van der Waals surface area contributed by atoms with Crippen LogP contribution in [0.25, 0.3) is 0 Å². The number of nitrogens with one attached hydrogen (secondary N) is 2. The van der Waals surface area contributed by atoms with Crippen LogP contribution in [0.2, 0.25) is 0 Å². The van der Waals surface area contributed by atoms with Crippen molar-refractivity contribution in [3.05, 3.63) is 0 Å². The summed E-state index contributed by atoms with van der Waals surface area (Å²) >= 11 is 0. The normalized spacial score (nSPS) is 13.7. The van der Waals surface area contributed by atoms with Gasteiger partial charge in [-0.15, -0.1) is 0 Å². The van der Waals surface area contributed by atoms with Crippen molar-refractivity contribution in [3.8, 4) is 0 Å². The lowest BCUT2D eigenvalue weighted by Crippen LogP contribution is -2.51. The first-order chi connectivity index (χ1) is 7.38. The van der Waals surface area contributed by atoms with Gasteiger partial charge in [0.05, 0.1) is 13.2 Å². The average Bonchev–Trinajstić information content (AvgIpc) is 2.21. The molecule has 0 aromatic rings. The summed E-state index contributed by atoms with van der Waals surface area (Å²) in [5.41, 5.74) is 5.03. The van der Waals surface area contributed by atoms with E-state index in [-0.39, 0.29) is 12.5 Å². The molecule has 2 amide bonds. The van der Waals surface area contributed by atoms with Crippen molar-refractivity contribution in [1.29, 1.82) is 0 Å². The number of ether oxygens (including phenoxy) is 1. The number of nitrogens with two attached hydrogens (primary N) is 1. The minimum atomic E-state index is -0.829. The van der Waals surface area contributed by atoms with Gasteiger partial charge in [-0.25, -0.2) is 4.79 Å². The fraction of sp³-hybridized carbons (Fsp3) is 0.667. The molecule has 0 bridgehead atoms. The molecule has 0 saturated carbocycles. The summed E-state index contributed by atoms with van der Waals surface area (Å²) in [6.45, 7) is 2.92. The molecule has 16 heavy (non-hydrogen) atoms. The Balaban J connectivity index is 4.27. The fourth-order valence-corrected chi connectivity index (χ4v) is 0.976. The number of methoxy groups -OCH3 is 1. The second-order valence-corrected chi connectivity index (χ2v) is 3.31. The molecule has 0 spiro atoms. The first-order valence-corrected chi connectivity index (χ1v) is 4.76. The van der Waals surface area contributed by atoms with E-state index in [0.717, 1.165) is 0 Å². The molecular weight excluding hydrogens is 214 g/mol. The van der Waals surface area contributed by atoms with Gasteiger partial charge in [-0.3, -0.25) is 9.59 Å². The maximum absolute atomic E-state index is 11.2. The quantitative estimate of drug-likeness (QED) is 0.464. The van der Waals surface area contributed by atoms with Gasteiger partial charge in [0.1, 0.15) is 6.04 Å². The molecule has 0 aromatic heterocycles. The van der Waals surface area contributed by atoms with Crippen LogP contribution >= 0.6 is 0 Å². The fourth-order valence-electron chi connectivity index (χ4n) is 0.976. The molecule has 92 valence electrons. The summed E-state index contributed by atoms with van der Waals surface area (Å²) in [5, 5.41) is 5.11. The van der Waals surface area contributed by atoms with E-state index in [1.54, 1.807) is 6.92 Å². The minimum Gasteiger partial charge on any atom is -0.467 e. The molecule has 0 fully saturated rings. The van der Waals surface area contributed by atoms with Gasteiger partial charge in [0.2, 0.25) is 11.8 Å². The van der Waals surface area contributed by atoms with E-state index in [1.807, 2.05) is 0 Å². The van der Waals surface area contributed by atoms with Crippen LogP contribution in [-0.2, 0) is 19.1 Å². The highest BCUT2D eigenvalue weighted by Gasteiger charge is 2.21.